The fourth-order valence-electron chi connectivity index (χ4n) is 1.38. The topological polar surface area (TPSA) is 85.1 Å². The van der Waals surface area contributed by atoms with E-state index in [1.165, 1.54) is 25.6 Å². The standard InChI is InChI=1S/C13H9N3O3/c1-18-13(17)9-3-2-4-11(5-9)19-12-6-10(7-14)15-8-16-12/h2-6,8H,1H3. The Morgan fingerprint density at radius 2 is 2.16 bits per heavy atom. The summed E-state index contributed by atoms with van der Waals surface area (Å²) < 4.78 is 10.1. The van der Waals surface area contributed by atoms with Gasteiger partial charge in [-0.05, 0) is 18.2 Å². The number of carbonyl (C=O) groups excluding carboxylic acids is 1. The van der Waals surface area contributed by atoms with Crippen molar-refractivity contribution >= 4 is 5.97 Å². The molecule has 0 radical (unpaired) electrons. The maximum absolute atomic E-state index is 11.4. The van der Waals surface area contributed by atoms with Crippen molar-refractivity contribution in [3.05, 3.63) is 47.9 Å². The number of benzene rings is 1. The summed E-state index contributed by atoms with van der Waals surface area (Å²) in [6, 6.07) is 9.76. The first kappa shape index (κ1) is 12.5. The number of nitrogens with zero attached hydrogens (tertiary/aromatic N) is 3. The van der Waals surface area contributed by atoms with E-state index in [-0.39, 0.29) is 11.6 Å². The van der Waals surface area contributed by atoms with Crippen LogP contribution in [0.2, 0.25) is 0 Å². The largest absolute Gasteiger partial charge is 0.465 e. The molecule has 6 nitrogen and oxygen atoms in total. The summed E-state index contributed by atoms with van der Waals surface area (Å²) in [5, 5.41) is 8.72. The van der Waals surface area contributed by atoms with Gasteiger partial charge in [0.1, 0.15) is 23.8 Å². The number of aromatic nitrogens is 2. The van der Waals surface area contributed by atoms with Gasteiger partial charge in [-0.3, -0.25) is 0 Å². The Morgan fingerprint density at radius 1 is 1.32 bits per heavy atom. The predicted molar refractivity (Wildman–Crippen MR) is 64.6 cm³/mol. The average molecular weight is 255 g/mol. The van der Waals surface area contributed by atoms with Crippen LogP contribution in [0.5, 0.6) is 11.6 Å². The summed E-state index contributed by atoms with van der Waals surface area (Å²) >= 11 is 0. The minimum Gasteiger partial charge on any atom is -0.465 e. The summed E-state index contributed by atoms with van der Waals surface area (Å²) in [5.41, 5.74) is 0.573. The van der Waals surface area contributed by atoms with Crippen molar-refractivity contribution in [1.82, 2.24) is 9.97 Å². The van der Waals surface area contributed by atoms with E-state index in [4.69, 9.17) is 10.00 Å². The molecule has 0 saturated carbocycles. The normalized spacial score (nSPS) is 9.47. The number of hydrogen-bond acceptors (Lipinski definition) is 6. The van der Waals surface area contributed by atoms with E-state index >= 15 is 0 Å². The quantitative estimate of drug-likeness (QED) is 0.779. The van der Waals surface area contributed by atoms with Crippen LogP contribution in [0.25, 0.3) is 0 Å². The van der Waals surface area contributed by atoms with Gasteiger partial charge in [-0.1, -0.05) is 6.07 Å². The van der Waals surface area contributed by atoms with Crippen molar-refractivity contribution in [1.29, 1.82) is 5.26 Å². The summed E-state index contributed by atoms with van der Waals surface area (Å²) in [7, 11) is 1.31. The third-order valence-electron chi connectivity index (χ3n) is 2.23. The second kappa shape index (κ2) is 5.60. The van der Waals surface area contributed by atoms with Crippen LogP contribution in [0.15, 0.2) is 36.7 Å². The summed E-state index contributed by atoms with van der Waals surface area (Å²) in [5.74, 6) is 0.199. The molecule has 1 aromatic heterocycles. The molecule has 94 valence electrons. The Bertz CT molecular complexity index is 650. The zero-order chi connectivity index (χ0) is 13.7. The minimum atomic E-state index is -0.453. The summed E-state index contributed by atoms with van der Waals surface area (Å²) in [4.78, 5) is 19.0. The molecular weight excluding hydrogens is 246 g/mol. The van der Waals surface area contributed by atoms with E-state index in [9.17, 15) is 4.79 Å². The number of nitriles is 1. The van der Waals surface area contributed by atoms with Gasteiger partial charge in [0.05, 0.1) is 12.7 Å². The lowest BCUT2D eigenvalue weighted by Crippen LogP contribution is -2.01. The monoisotopic (exact) mass is 255 g/mol. The lowest BCUT2D eigenvalue weighted by atomic mass is 10.2. The molecule has 6 heteroatoms. The molecule has 0 amide bonds. The molecule has 0 unspecified atom stereocenters. The predicted octanol–water partition coefficient (Wildman–Crippen LogP) is 1.93. The van der Waals surface area contributed by atoms with Crippen LogP contribution in [0, 0.1) is 11.3 Å². The van der Waals surface area contributed by atoms with E-state index in [1.807, 2.05) is 6.07 Å². The average Bonchev–Trinajstić information content (AvgIpc) is 2.47. The fraction of sp³-hybridized carbons (Fsp3) is 0.0769. The number of esters is 1. The highest BCUT2D eigenvalue weighted by Crippen LogP contribution is 2.20. The molecule has 0 atom stereocenters. The molecule has 0 N–H and O–H groups in total. The summed E-state index contributed by atoms with van der Waals surface area (Å²) in [6.07, 6.45) is 1.23. The van der Waals surface area contributed by atoms with Crippen molar-refractivity contribution < 1.29 is 14.3 Å². The Morgan fingerprint density at radius 3 is 2.89 bits per heavy atom. The second-order valence-corrected chi connectivity index (χ2v) is 3.47. The molecule has 0 aliphatic rings. The molecule has 0 spiro atoms. The molecule has 2 rings (SSSR count). The van der Waals surface area contributed by atoms with E-state index in [0.29, 0.717) is 11.3 Å². The number of ether oxygens (including phenoxy) is 2. The van der Waals surface area contributed by atoms with Crippen molar-refractivity contribution in [3.63, 3.8) is 0 Å². The van der Waals surface area contributed by atoms with Crippen LogP contribution < -0.4 is 4.74 Å². The van der Waals surface area contributed by atoms with E-state index in [0.717, 1.165) is 0 Å². The van der Waals surface area contributed by atoms with Crippen LogP contribution in [-0.4, -0.2) is 23.0 Å². The molecule has 2 aromatic rings. The highest BCUT2D eigenvalue weighted by atomic mass is 16.5. The lowest BCUT2D eigenvalue weighted by molar-refractivity contribution is 0.0600. The molecule has 0 saturated heterocycles. The van der Waals surface area contributed by atoms with Crippen molar-refractivity contribution in [2.24, 2.45) is 0 Å². The minimum absolute atomic E-state index is 0.203. The van der Waals surface area contributed by atoms with Crippen LogP contribution in [0.3, 0.4) is 0 Å². The first-order valence-electron chi connectivity index (χ1n) is 5.31. The molecule has 0 aliphatic heterocycles. The van der Waals surface area contributed by atoms with Crippen molar-refractivity contribution in [2.75, 3.05) is 7.11 Å². The number of carbonyl (C=O) groups is 1. The van der Waals surface area contributed by atoms with Gasteiger partial charge in [-0.25, -0.2) is 14.8 Å². The van der Waals surface area contributed by atoms with Crippen molar-refractivity contribution in [2.45, 2.75) is 0 Å². The Hall–Kier alpha value is -2.94. The number of hydrogen-bond donors (Lipinski definition) is 0. The van der Waals surface area contributed by atoms with Crippen LogP contribution in [0.1, 0.15) is 16.1 Å². The van der Waals surface area contributed by atoms with Crippen LogP contribution >= 0.6 is 0 Å². The van der Waals surface area contributed by atoms with Gasteiger partial charge in [-0.2, -0.15) is 5.26 Å². The third kappa shape index (κ3) is 3.04. The first-order chi connectivity index (χ1) is 9.22. The Balaban J connectivity index is 2.23. The lowest BCUT2D eigenvalue weighted by Gasteiger charge is -2.05. The highest BCUT2D eigenvalue weighted by molar-refractivity contribution is 5.89. The highest BCUT2D eigenvalue weighted by Gasteiger charge is 2.07. The second-order valence-electron chi connectivity index (χ2n) is 3.47. The molecule has 1 heterocycles. The molecule has 19 heavy (non-hydrogen) atoms. The van der Waals surface area contributed by atoms with Gasteiger partial charge in [0, 0.05) is 6.07 Å². The van der Waals surface area contributed by atoms with Crippen LogP contribution in [-0.2, 0) is 4.74 Å². The van der Waals surface area contributed by atoms with E-state index < -0.39 is 5.97 Å². The van der Waals surface area contributed by atoms with Gasteiger partial charge in [-0.15, -0.1) is 0 Å². The van der Waals surface area contributed by atoms with E-state index in [2.05, 4.69) is 14.7 Å². The molecule has 0 aliphatic carbocycles. The molecule has 0 bridgehead atoms. The van der Waals surface area contributed by atoms with Gasteiger partial charge >= 0.3 is 5.97 Å². The van der Waals surface area contributed by atoms with Gasteiger partial charge in [0.2, 0.25) is 5.88 Å². The zero-order valence-electron chi connectivity index (χ0n) is 10.0. The van der Waals surface area contributed by atoms with Crippen molar-refractivity contribution in [3.8, 4) is 17.7 Å². The number of methoxy groups -OCH3 is 1. The zero-order valence-corrected chi connectivity index (χ0v) is 10.0. The smallest absolute Gasteiger partial charge is 0.337 e. The van der Waals surface area contributed by atoms with Gasteiger partial charge < -0.3 is 9.47 Å². The van der Waals surface area contributed by atoms with Gasteiger partial charge in [0.25, 0.3) is 0 Å². The van der Waals surface area contributed by atoms with Crippen LogP contribution in [0.4, 0.5) is 0 Å². The van der Waals surface area contributed by atoms with E-state index in [1.54, 1.807) is 18.2 Å². The Kier molecular flexibility index (Phi) is 3.69. The molecular formula is C13H9N3O3. The SMILES string of the molecule is COC(=O)c1cccc(Oc2cc(C#N)ncn2)c1. The maximum atomic E-state index is 11.4. The Labute approximate surface area is 109 Å². The molecule has 0 fully saturated rings. The third-order valence-corrected chi connectivity index (χ3v) is 2.23. The fourth-order valence-corrected chi connectivity index (χ4v) is 1.38. The molecule has 1 aromatic carbocycles. The number of rotatable bonds is 3. The van der Waals surface area contributed by atoms with Gasteiger partial charge in [0.15, 0.2) is 0 Å². The first-order valence-corrected chi connectivity index (χ1v) is 5.31. The summed E-state index contributed by atoms with van der Waals surface area (Å²) in [6.45, 7) is 0. The maximum Gasteiger partial charge on any atom is 0.337 e.